The molecule has 0 aliphatic carbocycles. The van der Waals surface area contributed by atoms with Crippen molar-refractivity contribution in [3.63, 3.8) is 0 Å². The van der Waals surface area contributed by atoms with Gasteiger partial charge in [0.1, 0.15) is 5.82 Å². The zero-order chi connectivity index (χ0) is 14.4. The molecule has 1 amide bonds. The van der Waals surface area contributed by atoms with E-state index in [4.69, 9.17) is 29.6 Å². The first-order valence-electron chi connectivity index (χ1n) is 5.61. The molecular weight excluding hydrogens is 289 g/mol. The maximum atomic E-state index is 13.6. The first-order valence-corrected chi connectivity index (χ1v) is 6.39. The first kappa shape index (κ1) is 14.0. The second kappa shape index (κ2) is 4.61. The SMILES string of the molecule is CC(C)(CC(N)=O)n1c(=S)[nH]c2cc(Cl)c(F)cc21. The van der Waals surface area contributed by atoms with Crippen LogP contribution in [-0.2, 0) is 10.3 Å². The molecule has 7 heteroatoms. The number of hydrogen-bond acceptors (Lipinski definition) is 2. The Hall–Kier alpha value is -1.40. The van der Waals surface area contributed by atoms with Crippen molar-refractivity contribution in [1.29, 1.82) is 0 Å². The summed E-state index contributed by atoms with van der Waals surface area (Å²) in [4.78, 5) is 14.1. The van der Waals surface area contributed by atoms with Crippen LogP contribution < -0.4 is 5.73 Å². The van der Waals surface area contributed by atoms with Crippen LogP contribution >= 0.6 is 23.8 Å². The number of nitrogens with one attached hydrogen (secondary N) is 1. The summed E-state index contributed by atoms with van der Waals surface area (Å²) in [5.41, 5.74) is 5.76. The molecule has 3 N–H and O–H groups in total. The lowest BCUT2D eigenvalue weighted by Gasteiger charge is -2.26. The van der Waals surface area contributed by atoms with Gasteiger partial charge in [-0.25, -0.2) is 4.39 Å². The Bertz CT molecular complexity index is 720. The summed E-state index contributed by atoms with van der Waals surface area (Å²) < 4.78 is 15.7. The van der Waals surface area contributed by atoms with Gasteiger partial charge < -0.3 is 15.3 Å². The van der Waals surface area contributed by atoms with E-state index in [0.29, 0.717) is 15.8 Å². The van der Waals surface area contributed by atoms with E-state index in [9.17, 15) is 9.18 Å². The van der Waals surface area contributed by atoms with E-state index in [-0.39, 0.29) is 11.4 Å². The molecule has 1 aromatic heterocycles. The molecule has 4 nitrogen and oxygen atoms in total. The predicted octanol–water partition coefficient (Wildman–Crippen LogP) is 3.10. The number of fused-ring (bicyclic) bond motifs is 1. The normalized spacial score (nSPS) is 12.0. The van der Waals surface area contributed by atoms with E-state index in [1.165, 1.54) is 12.1 Å². The fourth-order valence-corrected chi connectivity index (χ4v) is 2.83. The maximum Gasteiger partial charge on any atom is 0.219 e. The number of halogens is 2. The highest BCUT2D eigenvalue weighted by molar-refractivity contribution is 7.71. The Labute approximate surface area is 119 Å². The van der Waals surface area contributed by atoms with Crippen molar-refractivity contribution in [2.75, 3.05) is 0 Å². The molecule has 102 valence electrons. The molecule has 0 saturated heterocycles. The number of carbonyl (C=O) groups excluding carboxylic acids is 1. The molecule has 2 rings (SSSR count). The fourth-order valence-electron chi connectivity index (χ4n) is 2.21. The Morgan fingerprint density at radius 3 is 2.79 bits per heavy atom. The van der Waals surface area contributed by atoms with Gasteiger partial charge in [-0.15, -0.1) is 0 Å². The number of carbonyl (C=O) groups is 1. The number of aromatic nitrogens is 2. The van der Waals surface area contributed by atoms with Gasteiger partial charge in [0, 0.05) is 12.5 Å². The van der Waals surface area contributed by atoms with Crippen LogP contribution in [0.3, 0.4) is 0 Å². The van der Waals surface area contributed by atoms with E-state index >= 15 is 0 Å². The van der Waals surface area contributed by atoms with Crippen LogP contribution in [0, 0.1) is 10.6 Å². The summed E-state index contributed by atoms with van der Waals surface area (Å²) in [6, 6.07) is 2.77. The Morgan fingerprint density at radius 1 is 1.58 bits per heavy atom. The molecule has 0 unspecified atom stereocenters. The van der Waals surface area contributed by atoms with Crippen LogP contribution in [0.25, 0.3) is 11.0 Å². The average Bonchev–Trinajstić information content (AvgIpc) is 2.53. The number of benzene rings is 1. The Balaban J connectivity index is 2.73. The number of H-pyrrole nitrogens is 1. The third-order valence-electron chi connectivity index (χ3n) is 2.94. The largest absolute Gasteiger partial charge is 0.370 e. The van der Waals surface area contributed by atoms with Crippen LogP contribution in [0.15, 0.2) is 12.1 Å². The van der Waals surface area contributed by atoms with Crippen molar-refractivity contribution in [1.82, 2.24) is 9.55 Å². The van der Waals surface area contributed by atoms with Gasteiger partial charge in [-0.3, -0.25) is 4.79 Å². The van der Waals surface area contributed by atoms with E-state index < -0.39 is 17.3 Å². The topological polar surface area (TPSA) is 63.8 Å². The molecule has 0 aliphatic rings. The zero-order valence-electron chi connectivity index (χ0n) is 10.5. The molecule has 0 atom stereocenters. The third-order valence-corrected chi connectivity index (χ3v) is 3.51. The number of rotatable bonds is 3. The molecule has 0 aliphatic heterocycles. The summed E-state index contributed by atoms with van der Waals surface area (Å²) in [5, 5.41) is 0.0172. The summed E-state index contributed by atoms with van der Waals surface area (Å²) in [5.74, 6) is -0.984. The van der Waals surface area contributed by atoms with Crippen LogP contribution in [0.5, 0.6) is 0 Å². The molecule has 2 aromatic rings. The van der Waals surface area contributed by atoms with E-state index in [1.54, 1.807) is 4.57 Å². The summed E-state index contributed by atoms with van der Waals surface area (Å²) in [7, 11) is 0. The number of amides is 1. The second-order valence-electron chi connectivity index (χ2n) is 5.00. The van der Waals surface area contributed by atoms with Crippen molar-refractivity contribution in [2.45, 2.75) is 25.8 Å². The van der Waals surface area contributed by atoms with Crippen LogP contribution in [0.1, 0.15) is 20.3 Å². The quantitative estimate of drug-likeness (QED) is 0.856. The van der Waals surface area contributed by atoms with Crippen molar-refractivity contribution < 1.29 is 9.18 Å². The number of imidazole rings is 1. The minimum Gasteiger partial charge on any atom is -0.370 e. The van der Waals surface area contributed by atoms with Gasteiger partial charge in [-0.2, -0.15) is 0 Å². The van der Waals surface area contributed by atoms with Gasteiger partial charge in [-0.05, 0) is 32.1 Å². The van der Waals surface area contributed by atoms with Crippen molar-refractivity contribution in [3.05, 3.63) is 27.7 Å². The van der Waals surface area contributed by atoms with E-state index in [0.717, 1.165) is 0 Å². The standard InChI is InChI=1S/C12H13ClFN3OS/c1-12(2,5-10(15)18)17-9-4-7(14)6(13)3-8(9)16-11(17)19/h3-4H,5H2,1-2H3,(H2,15,18)(H,16,19). The number of aromatic amines is 1. The van der Waals surface area contributed by atoms with Gasteiger partial charge >= 0.3 is 0 Å². The highest BCUT2D eigenvalue weighted by Gasteiger charge is 2.26. The molecule has 0 fully saturated rings. The van der Waals surface area contributed by atoms with Gasteiger partial charge in [-0.1, -0.05) is 11.6 Å². The van der Waals surface area contributed by atoms with Crippen LogP contribution in [0.4, 0.5) is 4.39 Å². The van der Waals surface area contributed by atoms with Crippen molar-refractivity contribution in [2.24, 2.45) is 5.73 Å². The molecule has 1 heterocycles. The molecule has 0 spiro atoms. The summed E-state index contributed by atoms with van der Waals surface area (Å²) >= 11 is 11.0. The minimum atomic E-state index is -0.651. The first-order chi connectivity index (χ1) is 8.72. The second-order valence-corrected chi connectivity index (χ2v) is 5.80. The van der Waals surface area contributed by atoms with Gasteiger partial charge in [0.2, 0.25) is 5.91 Å². The number of nitrogens with zero attached hydrogens (tertiary/aromatic N) is 1. The highest BCUT2D eigenvalue weighted by Crippen LogP contribution is 2.29. The van der Waals surface area contributed by atoms with Gasteiger partial charge in [0.15, 0.2) is 4.77 Å². The average molecular weight is 302 g/mol. The lowest BCUT2D eigenvalue weighted by atomic mass is 9.99. The van der Waals surface area contributed by atoms with Crippen molar-refractivity contribution >= 4 is 40.8 Å². The number of primary amides is 1. The predicted molar refractivity (Wildman–Crippen MR) is 75.2 cm³/mol. The number of nitrogens with two attached hydrogens (primary N) is 1. The maximum absolute atomic E-state index is 13.6. The fraction of sp³-hybridized carbons (Fsp3) is 0.333. The molecule has 19 heavy (non-hydrogen) atoms. The molecule has 0 bridgehead atoms. The molecule has 0 saturated carbocycles. The van der Waals surface area contributed by atoms with E-state index in [2.05, 4.69) is 4.98 Å². The molecule has 1 aromatic carbocycles. The summed E-state index contributed by atoms with van der Waals surface area (Å²) in [6.45, 7) is 3.63. The van der Waals surface area contributed by atoms with Crippen LogP contribution in [-0.4, -0.2) is 15.5 Å². The number of hydrogen-bond donors (Lipinski definition) is 2. The van der Waals surface area contributed by atoms with Gasteiger partial charge in [0.25, 0.3) is 0 Å². The molecule has 0 radical (unpaired) electrons. The molecular formula is C12H13ClFN3OS. The zero-order valence-corrected chi connectivity index (χ0v) is 12.0. The minimum absolute atomic E-state index is 0.0172. The lowest BCUT2D eigenvalue weighted by Crippen LogP contribution is -2.32. The Morgan fingerprint density at radius 2 is 2.21 bits per heavy atom. The monoisotopic (exact) mass is 301 g/mol. The van der Waals surface area contributed by atoms with Crippen LogP contribution in [0.2, 0.25) is 5.02 Å². The van der Waals surface area contributed by atoms with Gasteiger partial charge in [0.05, 0.1) is 21.6 Å². The van der Waals surface area contributed by atoms with E-state index in [1.807, 2.05) is 13.8 Å². The third kappa shape index (κ3) is 2.50. The Kier molecular flexibility index (Phi) is 3.40. The highest BCUT2D eigenvalue weighted by atomic mass is 35.5. The van der Waals surface area contributed by atoms with Crippen molar-refractivity contribution in [3.8, 4) is 0 Å². The lowest BCUT2D eigenvalue weighted by molar-refractivity contribution is -0.119. The smallest absolute Gasteiger partial charge is 0.219 e. The summed E-state index contributed by atoms with van der Waals surface area (Å²) in [6.07, 6.45) is 0.0957.